The first-order valence-electron chi connectivity index (χ1n) is 9.66. The van der Waals surface area contributed by atoms with Crippen LogP contribution in [0, 0.1) is 10.8 Å². The molecule has 2 rings (SSSR count). The van der Waals surface area contributed by atoms with Gasteiger partial charge in [-0.25, -0.2) is 4.98 Å². The summed E-state index contributed by atoms with van der Waals surface area (Å²) in [5.74, 6) is -0.0766. The van der Waals surface area contributed by atoms with Crippen LogP contribution in [0.15, 0.2) is 29.6 Å². The van der Waals surface area contributed by atoms with Gasteiger partial charge in [-0.2, -0.15) is 0 Å². The van der Waals surface area contributed by atoms with Crippen molar-refractivity contribution in [3.63, 3.8) is 0 Å². The minimum atomic E-state index is -0.0766. The van der Waals surface area contributed by atoms with Crippen LogP contribution >= 0.6 is 11.3 Å². The lowest BCUT2D eigenvalue weighted by Crippen LogP contribution is -2.47. The average molecular weight is 387 g/mol. The summed E-state index contributed by atoms with van der Waals surface area (Å²) in [6.07, 6.45) is 1.83. The molecule has 0 atom stereocenters. The van der Waals surface area contributed by atoms with Crippen molar-refractivity contribution in [1.82, 2.24) is 4.98 Å². The van der Waals surface area contributed by atoms with Crippen molar-refractivity contribution in [3.05, 3.63) is 46.5 Å². The number of hydrogen-bond donors (Lipinski definition) is 1. The quantitative estimate of drug-likeness (QED) is 0.661. The predicted molar refractivity (Wildman–Crippen MR) is 117 cm³/mol. The summed E-state index contributed by atoms with van der Waals surface area (Å²) in [6.45, 7) is 17.9. The number of carbonyl (C=O) groups excluding carboxylic acids is 1. The Morgan fingerprint density at radius 2 is 1.52 bits per heavy atom. The maximum Gasteiger partial charge on any atom is 0.223 e. The molecule has 0 saturated heterocycles. The van der Waals surface area contributed by atoms with Gasteiger partial charge in [0.05, 0.1) is 5.69 Å². The van der Waals surface area contributed by atoms with Gasteiger partial charge in [-0.1, -0.05) is 72.7 Å². The molecule has 0 saturated carbocycles. The van der Waals surface area contributed by atoms with Gasteiger partial charge in [0.2, 0.25) is 5.91 Å². The Labute approximate surface area is 168 Å². The molecule has 1 aromatic heterocycles. The van der Waals surface area contributed by atoms with Crippen molar-refractivity contribution >= 4 is 22.4 Å². The van der Waals surface area contributed by atoms with E-state index in [0.717, 1.165) is 18.5 Å². The standard InChI is InChI=1S/C23H34N2OS/c1-16(26)24-20-25-19(15-27-20)14-11-17-9-12-18(13-10-17)23(8,21(2,3)4)22(5,6)7/h9-10,12-13,15H,11,14H2,1-8H3,(H,24,25,26). The molecule has 0 aliphatic rings. The number of aromatic nitrogens is 1. The number of amides is 1. The Hall–Kier alpha value is -1.68. The van der Waals surface area contributed by atoms with E-state index in [0.29, 0.717) is 5.13 Å². The molecular weight excluding hydrogens is 352 g/mol. The number of carbonyl (C=O) groups is 1. The van der Waals surface area contributed by atoms with Crippen LogP contribution in [0.5, 0.6) is 0 Å². The second-order valence-corrected chi connectivity index (χ2v) is 10.5. The van der Waals surface area contributed by atoms with Crippen molar-refractivity contribution in [3.8, 4) is 0 Å². The predicted octanol–water partition coefficient (Wildman–Crippen LogP) is 6.24. The number of rotatable bonds is 5. The Balaban J connectivity index is 2.12. The van der Waals surface area contributed by atoms with Gasteiger partial charge in [0.1, 0.15) is 0 Å². The van der Waals surface area contributed by atoms with Crippen LogP contribution in [0.2, 0.25) is 0 Å². The first-order chi connectivity index (χ1) is 12.3. The van der Waals surface area contributed by atoms with Gasteiger partial charge >= 0.3 is 0 Å². The van der Waals surface area contributed by atoms with Crippen LogP contribution in [0.25, 0.3) is 0 Å². The smallest absolute Gasteiger partial charge is 0.223 e. The highest BCUT2D eigenvalue weighted by Crippen LogP contribution is 2.52. The van der Waals surface area contributed by atoms with Crippen LogP contribution in [-0.4, -0.2) is 10.9 Å². The van der Waals surface area contributed by atoms with Gasteiger partial charge < -0.3 is 5.32 Å². The Kier molecular flexibility index (Phi) is 6.20. The molecule has 0 bridgehead atoms. The molecule has 1 N–H and O–H groups in total. The number of hydrogen-bond acceptors (Lipinski definition) is 3. The fourth-order valence-corrected chi connectivity index (χ4v) is 4.69. The highest BCUT2D eigenvalue weighted by molar-refractivity contribution is 7.13. The lowest BCUT2D eigenvalue weighted by Gasteiger charge is -2.52. The first kappa shape index (κ1) is 21.6. The zero-order chi connectivity index (χ0) is 20.5. The molecule has 0 aliphatic heterocycles. The summed E-state index contributed by atoms with van der Waals surface area (Å²) >= 11 is 1.48. The third-order valence-corrected chi connectivity index (χ3v) is 6.84. The molecule has 0 fully saturated rings. The average Bonchev–Trinajstić information content (AvgIpc) is 2.97. The summed E-state index contributed by atoms with van der Waals surface area (Å²) in [6, 6.07) is 9.11. The molecule has 1 amide bonds. The van der Waals surface area contributed by atoms with E-state index in [1.165, 1.54) is 29.4 Å². The van der Waals surface area contributed by atoms with E-state index in [-0.39, 0.29) is 22.2 Å². The van der Waals surface area contributed by atoms with Crippen molar-refractivity contribution < 1.29 is 4.79 Å². The fourth-order valence-electron chi connectivity index (χ4n) is 3.90. The van der Waals surface area contributed by atoms with Gasteiger partial charge in [-0.05, 0) is 34.8 Å². The first-order valence-corrected chi connectivity index (χ1v) is 10.5. The number of anilines is 1. The molecule has 1 heterocycles. The number of aryl methyl sites for hydroxylation is 2. The molecule has 3 nitrogen and oxygen atoms in total. The molecule has 2 aromatic rings. The van der Waals surface area contributed by atoms with E-state index in [1.807, 2.05) is 5.38 Å². The van der Waals surface area contributed by atoms with E-state index in [4.69, 9.17) is 0 Å². The van der Waals surface area contributed by atoms with Crippen molar-refractivity contribution in [1.29, 1.82) is 0 Å². The Morgan fingerprint density at radius 3 is 2.00 bits per heavy atom. The zero-order valence-corrected chi connectivity index (χ0v) is 18.9. The molecule has 1 aromatic carbocycles. The van der Waals surface area contributed by atoms with Crippen LogP contribution < -0.4 is 5.32 Å². The summed E-state index contributed by atoms with van der Waals surface area (Å²) in [5.41, 5.74) is 4.13. The van der Waals surface area contributed by atoms with Gasteiger partial charge in [-0.15, -0.1) is 11.3 Å². The van der Waals surface area contributed by atoms with Crippen molar-refractivity contribution in [2.24, 2.45) is 10.8 Å². The molecule has 0 aliphatic carbocycles. The molecular formula is C23H34N2OS. The molecule has 4 heteroatoms. The molecule has 0 spiro atoms. The van der Waals surface area contributed by atoms with Crippen LogP contribution in [0.4, 0.5) is 5.13 Å². The number of thiazole rings is 1. The van der Waals surface area contributed by atoms with Crippen LogP contribution in [-0.2, 0) is 23.1 Å². The normalized spacial score (nSPS) is 12.9. The van der Waals surface area contributed by atoms with E-state index in [1.54, 1.807) is 0 Å². The van der Waals surface area contributed by atoms with Gasteiger partial charge in [0, 0.05) is 17.7 Å². The summed E-state index contributed by atoms with van der Waals surface area (Å²) in [5, 5.41) is 5.45. The third-order valence-electron chi connectivity index (χ3n) is 6.04. The Morgan fingerprint density at radius 1 is 0.963 bits per heavy atom. The van der Waals surface area contributed by atoms with Gasteiger partial charge in [0.25, 0.3) is 0 Å². The number of nitrogens with zero attached hydrogens (tertiary/aromatic N) is 1. The number of benzene rings is 1. The van der Waals surface area contributed by atoms with Gasteiger partial charge in [0.15, 0.2) is 5.13 Å². The summed E-state index contributed by atoms with van der Waals surface area (Å²) in [7, 11) is 0. The third kappa shape index (κ3) is 4.78. The SMILES string of the molecule is CC(=O)Nc1nc(CCc2ccc(C(C)(C(C)(C)C)C(C)(C)C)cc2)cs1. The summed E-state index contributed by atoms with van der Waals surface area (Å²) < 4.78 is 0. The van der Waals surface area contributed by atoms with Crippen molar-refractivity contribution in [2.45, 2.75) is 73.6 Å². The lowest BCUT2D eigenvalue weighted by atomic mass is 9.52. The lowest BCUT2D eigenvalue weighted by molar-refractivity contribution is -0.114. The fraction of sp³-hybridized carbons (Fsp3) is 0.565. The molecule has 148 valence electrons. The van der Waals surface area contributed by atoms with E-state index in [2.05, 4.69) is 83.0 Å². The summed E-state index contributed by atoms with van der Waals surface area (Å²) in [4.78, 5) is 15.6. The maximum absolute atomic E-state index is 11.1. The second kappa shape index (κ2) is 7.75. The molecule has 27 heavy (non-hydrogen) atoms. The molecule has 0 unspecified atom stereocenters. The minimum absolute atomic E-state index is 0.0701. The zero-order valence-electron chi connectivity index (χ0n) is 18.1. The molecule has 0 radical (unpaired) electrons. The van der Waals surface area contributed by atoms with Crippen LogP contribution in [0.1, 0.15) is 72.2 Å². The largest absolute Gasteiger partial charge is 0.302 e. The highest BCUT2D eigenvalue weighted by Gasteiger charge is 2.47. The van der Waals surface area contributed by atoms with Crippen LogP contribution in [0.3, 0.4) is 0 Å². The second-order valence-electron chi connectivity index (χ2n) is 9.65. The monoisotopic (exact) mass is 386 g/mol. The topological polar surface area (TPSA) is 42.0 Å². The van der Waals surface area contributed by atoms with Gasteiger partial charge in [-0.3, -0.25) is 4.79 Å². The number of nitrogens with one attached hydrogen (secondary N) is 1. The van der Waals surface area contributed by atoms with Crippen molar-refractivity contribution in [2.75, 3.05) is 5.32 Å². The van der Waals surface area contributed by atoms with E-state index < -0.39 is 0 Å². The Bertz CT molecular complexity index is 762. The van der Waals surface area contributed by atoms with E-state index >= 15 is 0 Å². The highest BCUT2D eigenvalue weighted by atomic mass is 32.1. The minimum Gasteiger partial charge on any atom is -0.302 e. The van der Waals surface area contributed by atoms with E-state index in [9.17, 15) is 4.79 Å². The maximum atomic E-state index is 11.1.